The van der Waals surface area contributed by atoms with Gasteiger partial charge in [0, 0.05) is 19.3 Å². The maximum absolute atomic E-state index is 11.1. The molecule has 0 saturated heterocycles. The van der Waals surface area contributed by atoms with Gasteiger partial charge in [-0.25, -0.2) is 4.79 Å². The second kappa shape index (κ2) is 5.09. The fourth-order valence-corrected chi connectivity index (χ4v) is 1.88. The number of fused-ring (bicyclic) bond motifs is 1. The zero-order chi connectivity index (χ0) is 14.0. The number of anilines is 1. The van der Waals surface area contributed by atoms with Crippen molar-refractivity contribution in [3.8, 4) is 0 Å². The number of H-pyrrole nitrogens is 1. The Bertz CT molecular complexity index is 612. The minimum absolute atomic E-state index is 0.141. The van der Waals surface area contributed by atoms with Gasteiger partial charge in [0.05, 0.1) is 5.52 Å². The normalized spacial score (nSPS) is 12.0. The fraction of sp³-hybridized carbons (Fsp3) is 0.500. The molecule has 0 atom stereocenters. The lowest BCUT2D eigenvalue weighted by Crippen LogP contribution is -2.29. The first-order chi connectivity index (χ1) is 8.91. The number of nitrogens with zero attached hydrogens (tertiary/aromatic N) is 1. The van der Waals surface area contributed by atoms with Crippen LogP contribution in [0.4, 0.5) is 5.69 Å². The van der Waals surface area contributed by atoms with E-state index in [0.717, 1.165) is 24.2 Å². The zero-order valence-electron chi connectivity index (χ0n) is 11.7. The Balaban J connectivity index is 2.12. The van der Waals surface area contributed by atoms with Gasteiger partial charge in [0.2, 0.25) is 0 Å². The SMILES string of the molecule is CN(CCC(C)(C)CN)c1ccc2oc(=O)[nH]c2c1. The van der Waals surface area contributed by atoms with E-state index in [1.807, 2.05) is 25.2 Å². The van der Waals surface area contributed by atoms with Crippen LogP contribution in [0.15, 0.2) is 27.4 Å². The summed E-state index contributed by atoms with van der Waals surface area (Å²) in [5, 5.41) is 0. The summed E-state index contributed by atoms with van der Waals surface area (Å²) in [6.45, 7) is 5.92. The van der Waals surface area contributed by atoms with Crippen LogP contribution in [0.1, 0.15) is 20.3 Å². The molecular formula is C14H21N3O2. The average molecular weight is 263 g/mol. The summed E-state index contributed by atoms with van der Waals surface area (Å²) < 4.78 is 4.99. The number of nitrogens with one attached hydrogen (secondary N) is 1. The van der Waals surface area contributed by atoms with Crippen molar-refractivity contribution in [2.75, 3.05) is 25.0 Å². The Kier molecular flexibility index (Phi) is 3.66. The Labute approximate surface area is 112 Å². The smallest absolute Gasteiger partial charge is 0.408 e. The molecule has 0 aliphatic carbocycles. The zero-order valence-corrected chi connectivity index (χ0v) is 11.7. The first kappa shape index (κ1) is 13.7. The van der Waals surface area contributed by atoms with Gasteiger partial charge in [0.15, 0.2) is 5.58 Å². The molecule has 5 nitrogen and oxygen atoms in total. The molecule has 2 aromatic rings. The van der Waals surface area contributed by atoms with Gasteiger partial charge in [0.1, 0.15) is 0 Å². The molecule has 0 radical (unpaired) electrons. The summed E-state index contributed by atoms with van der Waals surface area (Å²) in [7, 11) is 2.03. The van der Waals surface area contributed by atoms with Crippen LogP contribution in [-0.4, -0.2) is 25.1 Å². The highest BCUT2D eigenvalue weighted by Gasteiger charge is 2.16. The molecule has 1 heterocycles. The summed E-state index contributed by atoms with van der Waals surface area (Å²) >= 11 is 0. The summed E-state index contributed by atoms with van der Waals surface area (Å²) in [5.74, 6) is -0.418. The maximum Gasteiger partial charge on any atom is 0.417 e. The van der Waals surface area contributed by atoms with E-state index in [1.165, 1.54) is 0 Å². The van der Waals surface area contributed by atoms with E-state index in [9.17, 15) is 4.79 Å². The number of benzene rings is 1. The van der Waals surface area contributed by atoms with Crippen LogP contribution >= 0.6 is 0 Å². The first-order valence-electron chi connectivity index (χ1n) is 6.45. The van der Waals surface area contributed by atoms with Crippen molar-refractivity contribution in [1.29, 1.82) is 0 Å². The molecule has 0 aliphatic heterocycles. The Morgan fingerprint density at radius 1 is 1.42 bits per heavy atom. The first-order valence-corrected chi connectivity index (χ1v) is 6.45. The van der Waals surface area contributed by atoms with Crippen LogP contribution in [0.25, 0.3) is 11.1 Å². The number of oxazole rings is 1. The lowest BCUT2D eigenvalue weighted by molar-refractivity contribution is 0.351. The summed E-state index contributed by atoms with van der Waals surface area (Å²) in [5.41, 5.74) is 8.25. The van der Waals surface area contributed by atoms with E-state index < -0.39 is 5.76 Å². The Hall–Kier alpha value is -1.75. The maximum atomic E-state index is 11.1. The van der Waals surface area contributed by atoms with Gasteiger partial charge in [-0.15, -0.1) is 0 Å². The predicted octanol–water partition coefficient (Wildman–Crippen LogP) is 1.93. The molecule has 2 rings (SSSR count). The highest BCUT2D eigenvalue weighted by molar-refractivity contribution is 5.77. The number of aromatic nitrogens is 1. The molecule has 5 heteroatoms. The molecule has 0 bridgehead atoms. The minimum Gasteiger partial charge on any atom is -0.408 e. The molecule has 3 N–H and O–H groups in total. The third-order valence-electron chi connectivity index (χ3n) is 3.52. The molecule has 0 aliphatic rings. The molecule has 0 saturated carbocycles. The van der Waals surface area contributed by atoms with Crippen molar-refractivity contribution in [2.45, 2.75) is 20.3 Å². The van der Waals surface area contributed by atoms with Crippen molar-refractivity contribution in [2.24, 2.45) is 11.1 Å². The van der Waals surface area contributed by atoms with E-state index in [-0.39, 0.29) is 5.41 Å². The van der Waals surface area contributed by atoms with Crippen molar-refractivity contribution >= 4 is 16.8 Å². The number of nitrogens with two attached hydrogens (primary N) is 1. The van der Waals surface area contributed by atoms with E-state index in [2.05, 4.69) is 23.7 Å². The third kappa shape index (κ3) is 3.17. The van der Waals surface area contributed by atoms with E-state index >= 15 is 0 Å². The molecule has 1 aromatic heterocycles. The monoisotopic (exact) mass is 263 g/mol. The van der Waals surface area contributed by atoms with Crippen LogP contribution in [0, 0.1) is 5.41 Å². The van der Waals surface area contributed by atoms with Gasteiger partial charge in [-0.05, 0) is 36.6 Å². The van der Waals surface area contributed by atoms with Crippen LogP contribution in [0.3, 0.4) is 0 Å². The minimum atomic E-state index is -0.418. The van der Waals surface area contributed by atoms with Gasteiger partial charge >= 0.3 is 5.76 Å². The molecule has 1 aromatic carbocycles. The topological polar surface area (TPSA) is 75.3 Å². The van der Waals surface area contributed by atoms with Gasteiger partial charge in [-0.1, -0.05) is 13.8 Å². The second-order valence-corrected chi connectivity index (χ2v) is 5.73. The van der Waals surface area contributed by atoms with Crippen molar-refractivity contribution in [1.82, 2.24) is 4.98 Å². The largest absolute Gasteiger partial charge is 0.417 e. The third-order valence-corrected chi connectivity index (χ3v) is 3.52. The number of aromatic amines is 1. The Morgan fingerprint density at radius 3 is 2.84 bits per heavy atom. The Morgan fingerprint density at radius 2 is 2.16 bits per heavy atom. The van der Waals surface area contributed by atoms with Crippen molar-refractivity contribution in [3.05, 3.63) is 28.7 Å². The summed E-state index contributed by atoms with van der Waals surface area (Å²) in [6.07, 6.45) is 1.01. The van der Waals surface area contributed by atoms with Crippen LogP contribution in [-0.2, 0) is 0 Å². The predicted molar refractivity (Wildman–Crippen MR) is 77.6 cm³/mol. The lowest BCUT2D eigenvalue weighted by Gasteiger charge is -2.27. The standard InChI is InChI=1S/C14H21N3O2/c1-14(2,9-15)6-7-17(3)10-4-5-12-11(8-10)16-13(18)19-12/h4-5,8H,6-7,9,15H2,1-3H3,(H,16,18). The molecule has 0 fully saturated rings. The highest BCUT2D eigenvalue weighted by atomic mass is 16.4. The van der Waals surface area contributed by atoms with Gasteiger partial charge in [-0.2, -0.15) is 0 Å². The molecule has 0 spiro atoms. The number of hydrogen-bond donors (Lipinski definition) is 2. The molecule has 0 unspecified atom stereocenters. The quantitative estimate of drug-likeness (QED) is 0.864. The molecule has 19 heavy (non-hydrogen) atoms. The molecule has 0 amide bonds. The highest BCUT2D eigenvalue weighted by Crippen LogP contribution is 2.23. The van der Waals surface area contributed by atoms with Crippen LogP contribution in [0.2, 0.25) is 0 Å². The second-order valence-electron chi connectivity index (χ2n) is 5.73. The van der Waals surface area contributed by atoms with E-state index in [1.54, 1.807) is 0 Å². The van der Waals surface area contributed by atoms with E-state index in [0.29, 0.717) is 12.1 Å². The number of rotatable bonds is 5. The summed E-state index contributed by atoms with van der Waals surface area (Å²) in [4.78, 5) is 15.9. The average Bonchev–Trinajstić information content (AvgIpc) is 2.75. The molecular weight excluding hydrogens is 242 g/mol. The van der Waals surface area contributed by atoms with Crippen molar-refractivity contribution < 1.29 is 4.42 Å². The number of hydrogen-bond acceptors (Lipinski definition) is 4. The molecule has 104 valence electrons. The lowest BCUT2D eigenvalue weighted by atomic mass is 9.89. The summed E-state index contributed by atoms with van der Waals surface area (Å²) in [6, 6.07) is 5.69. The van der Waals surface area contributed by atoms with Gasteiger partial charge < -0.3 is 15.1 Å². The van der Waals surface area contributed by atoms with Gasteiger partial charge in [-0.3, -0.25) is 4.98 Å². The van der Waals surface area contributed by atoms with E-state index in [4.69, 9.17) is 10.2 Å². The van der Waals surface area contributed by atoms with Crippen LogP contribution in [0.5, 0.6) is 0 Å². The van der Waals surface area contributed by atoms with Gasteiger partial charge in [0.25, 0.3) is 0 Å². The van der Waals surface area contributed by atoms with Crippen LogP contribution < -0.4 is 16.4 Å². The van der Waals surface area contributed by atoms with Crippen molar-refractivity contribution in [3.63, 3.8) is 0 Å². The fourth-order valence-electron chi connectivity index (χ4n) is 1.88.